The fourth-order valence-corrected chi connectivity index (χ4v) is 2.36. The Morgan fingerprint density at radius 1 is 1.12 bits per heavy atom. The summed E-state index contributed by atoms with van der Waals surface area (Å²) in [5.74, 6) is 2.38. The molecule has 24 heavy (non-hydrogen) atoms. The first-order valence-electron chi connectivity index (χ1n) is 7.62. The van der Waals surface area contributed by atoms with Crippen molar-refractivity contribution in [2.45, 2.75) is 6.92 Å². The van der Waals surface area contributed by atoms with E-state index >= 15 is 0 Å². The van der Waals surface area contributed by atoms with Crippen molar-refractivity contribution in [3.8, 4) is 23.0 Å². The summed E-state index contributed by atoms with van der Waals surface area (Å²) in [6.45, 7) is 2.89. The van der Waals surface area contributed by atoms with E-state index in [2.05, 4.69) is 5.32 Å². The van der Waals surface area contributed by atoms with Crippen LogP contribution >= 0.6 is 0 Å². The average Bonchev–Trinajstić information content (AvgIpc) is 3.07. The molecule has 0 unspecified atom stereocenters. The molecule has 0 fully saturated rings. The molecule has 126 valence electrons. The number of amides is 1. The van der Waals surface area contributed by atoms with E-state index in [0.29, 0.717) is 41.7 Å². The van der Waals surface area contributed by atoms with Crippen molar-refractivity contribution in [2.24, 2.45) is 0 Å². The van der Waals surface area contributed by atoms with E-state index in [1.54, 1.807) is 25.3 Å². The van der Waals surface area contributed by atoms with Crippen LogP contribution in [0, 0.1) is 6.92 Å². The van der Waals surface area contributed by atoms with Gasteiger partial charge in [0.1, 0.15) is 6.61 Å². The Balaban J connectivity index is 1.51. The Kier molecular flexibility index (Phi) is 4.74. The predicted octanol–water partition coefficient (Wildman–Crippen LogP) is 2.54. The second-order valence-corrected chi connectivity index (χ2v) is 5.33. The highest BCUT2D eigenvalue weighted by Crippen LogP contribution is 2.32. The van der Waals surface area contributed by atoms with Crippen molar-refractivity contribution >= 4 is 5.91 Å². The number of carbonyl (C=O) groups is 1. The molecule has 1 aliphatic rings. The van der Waals surface area contributed by atoms with Gasteiger partial charge in [-0.3, -0.25) is 4.79 Å². The number of benzene rings is 2. The molecule has 6 heteroatoms. The highest BCUT2D eigenvalue weighted by Gasteiger charge is 2.16. The Morgan fingerprint density at radius 3 is 2.79 bits per heavy atom. The summed E-state index contributed by atoms with van der Waals surface area (Å²) in [4.78, 5) is 12.1. The third-order valence-corrected chi connectivity index (χ3v) is 3.60. The van der Waals surface area contributed by atoms with Crippen LogP contribution in [0.3, 0.4) is 0 Å². The molecule has 1 aliphatic heterocycles. The van der Waals surface area contributed by atoms with Crippen LogP contribution in [0.1, 0.15) is 15.9 Å². The summed E-state index contributed by atoms with van der Waals surface area (Å²) in [5.41, 5.74) is 1.61. The van der Waals surface area contributed by atoms with Gasteiger partial charge >= 0.3 is 0 Å². The Hall–Kier alpha value is -2.89. The number of rotatable bonds is 6. The molecule has 0 saturated heterocycles. The molecule has 2 aromatic carbocycles. The first-order chi connectivity index (χ1) is 11.7. The van der Waals surface area contributed by atoms with Crippen LogP contribution in [0.2, 0.25) is 0 Å². The lowest BCUT2D eigenvalue weighted by Crippen LogP contribution is -2.28. The summed E-state index contributed by atoms with van der Waals surface area (Å²) >= 11 is 0. The van der Waals surface area contributed by atoms with Gasteiger partial charge in [-0.25, -0.2) is 0 Å². The van der Waals surface area contributed by atoms with Crippen LogP contribution in [0.25, 0.3) is 0 Å². The summed E-state index contributed by atoms with van der Waals surface area (Å²) in [6.07, 6.45) is 0. The van der Waals surface area contributed by atoms with Gasteiger partial charge in [-0.05, 0) is 42.8 Å². The summed E-state index contributed by atoms with van der Waals surface area (Å²) in [5, 5.41) is 2.81. The summed E-state index contributed by atoms with van der Waals surface area (Å²) in [7, 11) is 1.60. The number of aryl methyl sites for hydroxylation is 1. The maximum atomic E-state index is 12.1. The van der Waals surface area contributed by atoms with Crippen molar-refractivity contribution in [1.82, 2.24) is 5.32 Å². The second kappa shape index (κ2) is 7.12. The largest absolute Gasteiger partial charge is 0.493 e. The van der Waals surface area contributed by atoms with E-state index in [1.165, 1.54) is 0 Å². The van der Waals surface area contributed by atoms with Gasteiger partial charge in [0.05, 0.1) is 13.7 Å². The molecule has 0 aromatic heterocycles. The number of methoxy groups -OCH3 is 1. The molecular weight excluding hydrogens is 310 g/mol. The first kappa shape index (κ1) is 16.0. The van der Waals surface area contributed by atoms with Gasteiger partial charge in [0, 0.05) is 5.56 Å². The molecule has 3 rings (SSSR count). The van der Waals surface area contributed by atoms with Crippen LogP contribution in [0.15, 0.2) is 36.4 Å². The van der Waals surface area contributed by atoms with Gasteiger partial charge in [-0.1, -0.05) is 6.07 Å². The maximum Gasteiger partial charge on any atom is 0.251 e. The third-order valence-electron chi connectivity index (χ3n) is 3.60. The molecule has 0 atom stereocenters. The van der Waals surface area contributed by atoms with Crippen LogP contribution in [0.5, 0.6) is 23.0 Å². The zero-order chi connectivity index (χ0) is 16.9. The number of ether oxygens (including phenoxy) is 4. The summed E-state index contributed by atoms with van der Waals surface area (Å²) < 4.78 is 21.4. The molecular formula is C18H19NO5. The van der Waals surface area contributed by atoms with Gasteiger partial charge < -0.3 is 24.3 Å². The van der Waals surface area contributed by atoms with Crippen LogP contribution in [0.4, 0.5) is 0 Å². The molecule has 0 spiro atoms. The molecule has 1 amide bonds. The molecule has 1 heterocycles. The zero-order valence-corrected chi connectivity index (χ0v) is 13.6. The topological polar surface area (TPSA) is 66.0 Å². The molecule has 0 aliphatic carbocycles. The third kappa shape index (κ3) is 3.53. The molecule has 2 aromatic rings. The van der Waals surface area contributed by atoms with Gasteiger partial charge in [-0.15, -0.1) is 0 Å². The fraction of sp³-hybridized carbons (Fsp3) is 0.278. The number of hydrogen-bond acceptors (Lipinski definition) is 5. The van der Waals surface area contributed by atoms with Crippen LogP contribution in [-0.2, 0) is 0 Å². The minimum atomic E-state index is -0.187. The standard InChI is InChI=1S/C18H19NO5/c1-12-3-5-14(16(9-12)21-2)22-8-7-19-18(20)13-4-6-15-17(10-13)24-11-23-15/h3-6,9-10H,7-8,11H2,1-2H3,(H,19,20). The zero-order valence-electron chi connectivity index (χ0n) is 13.6. The second-order valence-electron chi connectivity index (χ2n) is 5.33. The number of nitrogens with one attached hydrogen (secondary N) is 1. The maximum absolute atomic E-state index is 12.1. The van der Waals surface area contributed by atoms with E-state index in [9.17, 15) is 4.79 Å². The van der Waals surface area contributed by atoms with Crippen molar-refractivity contribution in [3.05, 3.63) is 47.5 Å². The molecule has 0 bridgehead atoms. The fourth-order valence-electron chi connectivity index (χ4n) is 2.36. The lowest BCUT2D eigenvalue weighted by molar-refractivity contribution is 0.0946. The Bertz CT molecular complexity index is 744. The first-order valence-corrected chi connectivity index (χ1v) is 7.62. The van der Waals surface area contributed by atoms with Crippen molar-refractivity contribution < 1.29 is 23.7 Å². The SMILES string of the molecule is COc1cc(C)ccc1OCCNC(=O)c1ccc2c(c1)OCO2. The monoisotopic (exact) mass is 329 g/mol. The van der Waals surface area contributed by atoms with E-state index in [1.807, 2.05) is 25.1 Å². The lowest BCUT2D eigenvalue weighted by atomic mass is 10.2. The van der Waals surface area contributed by atoms with Gasteiger partial charge in [0.2, 0.25) is 6.79 Å². The quantitative estimate of drug-likeness (QED) is 0.825. The average molecular weight is 329 g/mol. The summed E-state index contributed by atoms with van der Waals surface area (Å²) in [6, 6.07) is 10.8. The Morgan fingerprint density at radius 2 is 1.96 bits per heavy atom. The highest BCUT2D eigenvalue weighted by molar-refractivity contribution is 5.94. The predicted molar refractivity (Wildman–Crippen MR) is 88.1 cm³/mol. The number of fused-ring (bicyclic) bond motifs is 1. The van der Waals surface area contributed by atoms with E-state index in [-0.39, 0.29) is 12.7 Å². The van der Waals surface area contributed by atoms with E-state index in [0.717, 1.165) is 5.56 Å². The van der Waals surface area contributed by atoms with Gasteiger partial charge in [0.25, 0.3) is 5.91 Å². The minimum Gasteiger partial charge on any atom is -0.493 e. The van der Waals surface area contributed by atoms with Crippen LogP contribution in [-0.4, -0.2) is 33.0 Å². The number of hydrogen-bond donors (Lipinski definition) is 1. The van der Waals surface area contributed by atoms with Crippen LogP contribution < -0.4 is 24.3 Å². The van der Waals surface area contributed by atoms with E-state index in [4.69, 9.17) is 18.9 Å². The molecule has 6 nitrogen and oxygen atoms in total. The molecule has 1 N–H and O–H groups in total. The van der Waals surface area contributed by atoms with Crippen molar-refractivity contribution in [2.75, 3.05) is 27.1 Å². The van der Waals surface area contributed by atoms with E-state index < -0.39 is 0 Å². The molecule has 0 radical (unpaired) electrons. The number of carbonyl (C=O) groups excluding carboxylic acids is 1. The normalized spacial score (nSPS) is 11.9. The van der Waals surface area contributed by atoms with Crippen molar-refractivity contribution in [3.63, 3.8) is 0 Å². The van der Waals surface area contributed by atoms with Gasteiger partial charge in [-0.2, -0.15) is 0 Å². The van der Waals surface area contributed by atoms with Gasteiger partial charge in [0.15, 0.2) is 23.0 Å². The Labute approximate surface area is 140 Å². The minimum absolute atomic E-state index is 0.187. The smallest absolute Gasteiger partial charge is 0.251 e. The highest BCUT2D eigenvalue weighted by atomic mass is 16.7. The van der Waals surface area contributed by atoms with Crippen molar-refractivity contribution in [1.29, 1.82) is 0 Å². The molecule has 0 saturated carbocycles. The lowest BCUT2D eigenvalue weighted by Gasteiger charge is -2.12.